The van der Waals surface area contributed by atoms with E-state index in [9.17, 15) is 14.0 Å². The van der Waals surface area contributed by atoms with Crippen LogP contribution in [0.2, 0.25) is 0 Å². The number of halogens is 1. The van der Waals surface area contributed by atoms with Crippen molar-refractivity contribution >= 4 is 40.0 Å². The van der Waals surface area contributed by atoms with Gasteiger partial charge in [0.25, 0.3) is 5.91 Å². The van der Waals surface area contributed by atoms with Gasteiger partial charge in [-0.05, 0) is 36.2 Å². The first-order chi connectivity index (χ1) is 13.8. The van der Waals surface area contributed by atoms with Crippen LogP contribution < -0.4 is 22.1 Å². The molecule has 0 radical (unpaired) electrons. The Kier molecular flexibility index (Phi) is 5.58. The molecule has 3 rings (SSSR count). The number of fused-ring (bicyclic) bond motifs is 1. The average molecular weight is 396 g/mol. The Morgan fingerprint density at radius 2 is 1.86 bits per heavy atom. The summed E-state index contributed by atoms with van der Waals surface area (Å²) in [5, 5.41) is 6.56. The van der Waals surface area contributed by atoms with Crippen molar-refractivity contribution in [1.82, 2.24) is 9.97 Å². The number of carbonyl (C=O) groups is 2. The molecule has 0 spiro atoms. The highest BCUT2D eigenvalue weighted by Gasteiger charge is 2.23. The molecule has 2 aromatic heterocycles. The largest absolute Gasteiger partial charge is 0.368 e. The van der Waals surface area contributed by atoms with E-state index in [1.165, 1.54) is 0 Å². The number of rotatable bonds is 7. The van der Waals surface area contributed by atoms with Crippen LogP contribution in [0.5, 0.6) is 0 Å². The fourth-order valence-electron chi connectivity index (χ4n) is 2.88. The number of benzene rings is 1. The Bertz CT molecular complexity index is 1090. The summed E-state index contributed by atoms with van der Waals surface area (Å²) in [5.74, 6) is -2.66. The molecule has 0 saturated heterocycles. The number of aromatic nitrogens is 2. The topological polar surface area (TPSA) is 136 Å². The van der Waals surface area contributed by atoms with E-state index in [2.05, 4.69) is 20.6 Å². The number of primary amides is 2. The fourth-order valence-corrected chi connectivity index (χ4v) is 2.88. The second-order valence-electron chi connectivity index (χ2n) is 6.88. The molecule has 6 N–H and O–H groups in total. The smallest absolute Gasteiger partial charge is 0.252 e. The highest BCUT2D eigenvalue weighted by atomic mass is 19.1. The zero-order valence-corrected chi connectivity index (χ0v) is 15.9. The number of anilines is 3. The van der Waals surface area contributed by atoms with Crippen LogP contribution in [0.25, 0.3) is 10.9 Å². The number of nitrogens with one attached hydrogen (secondary N) is 2. The third kappa shape index (κ3) is 4.40. The third-order valence-electron chi connectivity index (χ3n) is 4.37. The maximum Gasteiger partial charge on any atom is 0.252 e. The lowest BCUT2D eigenvalue weighted by Crippen LogP contribution is -2.40. The highest BCUT2D eigenvalue weighted by Crippen LogP contribution is 2.26. The van der Waals surface area contributed by atoms with Crippen molar-refractivity contribution in [3.63, 3.8) is 0 Å². The minimum atomic E-state index is -0.844. The molecule has 150 valence electrons. The number of pyridine rings is 2. The molecule has 1 atom stereocenters. The quantitative estimate of drug-likeness (QED) is 0.484. The lowest BCUT2D eigenvalue weighted by molar-refractivity contribution is -0.119. The van der Waals surface area contributed by atoms with Crippen LogP contribution in [0.4, 0.5) is 21.7 Å². The molecule has 2 amide bonds. The maximum atomic E-state index is 14.5. The number of amides is 2. The van der Waals surface area contributed by atoms with Crippen LogP contribution in [0.15, 0.2) is 42.6 Å². The summed E-state index contributed by atoms with van der Waals surface area (Å²) in [5.41, 5.74) is 12.0. The van der Waals surface area contributed by atoms with Gasteiger partial charge in [-0.15, -0.1) is 0 Å². The average Bonchev–Trinajstić information content (AvgIpc) is 2.67. The van der Waals surface area contributed by atoms with Crippen LogP contribution in [0.3, 0.4) is 0 Å². The van der Waals surface area contributed by atoms with Gasteiger partial charge in [0.05, 0.1) is 11.1 Å². The van der Waals surface area contributed by atoms with E-state index in [4.69, 9.17) is 11.5 Å². The molecule has 0 aliphatic rings. The molecule has 3 aromatic rings. The molecule has 0 fully saturated rings. The van der Waals surface area contributed by atoms with Gasteiger partial charge in [0.2, 0.25) is 5.91 Å². The predicted molar refractivity (Wildman–Crippen MR) is 109 cm³/mol. The van der Waals surface area contributed by atoms with Crippen molar-refractivity contribution in [2.75, 3.05) is 10.6 Å². The molecular formula is C20H21FN6O2. The van der Waals surface area contributed by atoms with Gasteiger partial charge in [-0.2, -0.15) is 0 Å². The van der Waals surface area contributed by atoms with E-state index in [0.717, 1.165) is 17.0 Å². The Labute approximate surface area is 166 Å². The van der Waals surface area contributed by atoms with Gasteiger partial charge in [0, 0.05) is 17.3 Å². The summed E-state index contributed by atoms with van der Waals surface area (Å²) in [7, 11) is 0. The van der Waals surface area contributed by atoms with Crippen LogP contribution >= 0.6 is 0 Å². The van der Waals surface area contributed by atoms with Gasteiger partial charge in [-0.3, -0.25) is 14.6 Å². The maximum absolute atomic E-state index is 14.5. The Balaban J connectivity index is 2.01. The second kappa shape index (κ2) is 8.09. The summed E-state index contributed by atoms with van der Waals surface area (Å²) in [6.45, 7) is 3.53. The van der Waals surface area contributed by atoms with E-state index in [1.807, 2.05) is 12.1 Å². The van der Waals surface area contributed by atoms with E-state index >= 15 is 0 Å². The third-order valence-corrected chi connectivity index (χ3v) is 4.37. The van der Waals surface area contributed by atoms with Crippen molar-refractivity contribution in [2.45, 2.75) is 19.9 Å². The number of nitrogens with zero attached hydrogens (tertiary/aromatic N) is 2. The first-order valence-electron chi connectivity index (χ1n) is 8.94. The summed E-state index contributed by atoms with van der Waals surface area (Å²) in [6.07, 6.45) is 1.68. The number of hydrogen-bond acceptors (Lipinski definition) is 6. The molecule has 9 heteroatoms. The summed E-state index contributed by atoms with van der Waals surface area (Å²) in [4.78, 5) is 31.8. The highest BCUT2D eigenvalue weighted by molar-refractivity contribution is 5.99. The molecule has 0 bridgehead atoms. The van der Waals surface area contributed by atoms with E-state index < -0.39 is 23.7 Å². The van der Waals surface area contributed by atoms with Crippen molar-refractivity contribution < 1.29 is 14.0 Å². The van der Waals surface area contributed by atoms with Gasteiger partial charge >= 0.3 is 0 Å². The molecule has 2 heterocycles. The van der Waals surface area contributed by atoms with Crippen LogP contribution in [-0.2, 0) is 4.79 Å². The summed E-state index contributed by atoms with van der Waals surface area (Å²) in [6, 6.07) is 9.18. The minimum absolute atomic E-state index is 0.0524. The van der Waals surface area contributed by atoms with Crippen LogP contribution in [0, 0.1) is 11.7 Å². The Morgan fingerprint density at radius 3 is 2.52 bits per heavy atom. The summed E-state index contributed by atoms with van der Waals surface area (Å²) >= 11 is 0. The first-order valence-corrected chi connectivity index (χ1v) is 8.94. The van der Waals surface area contributed by atoms with Gasteiger partial charge in [-0.1, -0.05) is 19.9 Å². The van der Waals surface area contributed by atoms with Crippen LogP contribution in [-0.4, -0.2) is 27.8 Å². The van der Waals surface area contributed by atoms with Gasteiger partial charge in [-0.25, -0.2) is 9.37 Å². The van der Waals surface area contributed by atoms with Gasteiger partial charge in [0.15, 0.2) is 11.6 Å². The summed E-state index contributed by atoms with van der Waals surface area (Å²) < 4.78 is 14.5. The molecule has 8 nitrogen and oxygen atoms in total. The lowest BCUT2D eigenvalue weighted by Gasteiger charge is -2.21. The predicted octanol–water partition coefficient (Wildman–Crippen LogP) is 2.53. The number of carbonyl (C=O) groups excluding carboxylic acids is 2. The number of nitrogens with two attached hydrogens (primary N) is 2. The SMILES string of the molecule is CC(C)C(Nc1nc(Nc2ccc3ncccc3c2)c(C(N)=O)cc1F)C(N)=O. The van der Waals surface area contributed by atoms with Gasteiger partial charge in [0.1, 0.15) is 11.9 Å². The Morgan fingerprint density at radius 1 is 1.10 bits per heavy atom. The Hall–Kier alpha value is -3.75. The molecule has 1 unspecified atom stereocenters. The molecule has 0 aliphatic heterocycles. The van der Waals surface area contributed by atoms with E-state index in [1.54, 1.807) is 38.2 Å². The lowest BCUT2D eigenvalue weighted by atomic mass is 10.0. The zero-order chi connectivity index (χ0) is 21.1. The number of hydrogen-bond donors (Lipinski definition) is 4. The second-order valence-corrected chi connectivity index (χ2v) is 6.88. The van der Waals surface area contributed by atoms with Crippen molar-refractivity contribution in [1.29, 1.82) is 0 Å². The fraction of sp³-hybridized carbons (Fsp3) is 0.200. The van der Waals surface area contributed by atoms with Crippen LogP contribution in [0.1, 0.15) is 24.2 Å². The van der Waals surface area contributed by atoms with E-state index in [-0.39, 0.29) is 23.1 Å². The van der Waals surface area contributed by atoms with Crippen molar-refractivity contribution in [2.24, 2.45) is 17.4 Å². The monoisotopic (exact) mass is 396 g/mol. The molecule has 1 aromatic carbocycles. The zero-order valence-electron chi connectivity index (χ0n) is 15.9. The molecule has 0 saturated carbocycles. The van der Waals surface area contributed by atoms with Crippen molar-refractivity contribution in [3.8, 4) is 0 Å². The van der Waals surface area contributed by atoms with Crippen molar-refractivity contribution in [3.05, 3.63) is 54.0 Å². The molecule has 29 heavy (non-hydrogen) atoms. The minimum Gasteiger partial charge on any atom is -0.368 e. The first kappa shape index (κ1) is 20.0. The molecule has 0 aliphatic carbocycles. The van der Waals surface area contributed by atoms with E-state index in [0.29, 0.717) is 5.69 Å². The van der Waals surface area contributed by atoms with Gasteiger partial charge < -0.3 is 22.1 Å². The standard InChI is InChI=1S/C20H21FN6O2/c1-10(2)16(18(23)29)26-20-14(21)9-13(17(22)28)19(27-20)25-12-5-6-15-11(8-12)4-3-7-24-15/h3-10,16H,1-2H3,(H2,22,28)(H2,23,29)(H2,25,26,27). The molecular weight excluding hydrogens is 375 g/mol. The normalized spacial score (nSPS) is 12.0.